The number of hydrogen-bond donors (Lipinski definition) is 2. The van der Waals surface area contributed by atoms with Gasteiger partial charge in [0.1, 0.15) is 0 Å². The second kappa shape index (κ2) is 2.58. The fourth-order valence-electron chi connectivity index (χ4n) is 1.19. The molecule has 0 unspecified atom stereocenters. The standard InChI is InChI=1S/C7H7N4O2/c1-2-11-3-8-5-4(11)6(12)10-7(13)9-5/h2H2,1H3,(H2,9,10,12,13). The molecule has 0 bridgehead atoms. The predicted octanol–water partition coefficient (Wildman–Crippen LogP) is -0.767. The number of aromatic nitrogens is 4. The molecule has 6 nitrogen and oxygen atoms in total. The number of imidazole rings is 1. The van der Waals surface area contributed by atoms with Crippen molar-refractivity contribution in [2.75, 3.05) is 0 Å². The Hall–Kier alpha value is -1.85. The molecule has 0 saturated heterocycles. The van der Waals surface area contributed by atoms with Gasteiger partial charge in [-0.2, -0.15) is 0 Å². The Morgan fingerprint density at radius 2 is 2.23 bits per heavy atom. The highest BCUT2D eigenvalue weighted by atomic mass is 16.2. The van der Waals surface area contributed by atoms with Crippen LogP contribution in [0.5, 0.6) is 0 Å². The molecule has 2 rings (SSSR count). The third-order valence-corrected chi connectivity index (χ3v) is 1.77. The third kappa shape index (κ3) is 1.07. The van der Waals surface area contributed by atoms with Gasteiger partial charge in [-0.15, -0.1) is 0 Å². The fraction of sp³-hybridized carbons (Fsp3) is 0.286. The molecule has 0 atom stereocenters. The quantitative estimate of drug-likeness (QED) is 0.603. The molecule has 0 aliphatic heterocycles. The van der Waals surface area contributed by atoms with E-state index in [4.69, 9.17) is 0 Å². The van der Waals surface area contributed by atoms with Gasteiger partial charge in [-0.25, -0.2) is 9.78 Å². The Balaban J connectivity index is 2.99. The van der Waals surface area contributed by atoms with Crippen LogP contribution >= 0.6 is 0 Å². The molecule has 0 aromatic carbocycles. The molecule has 6 heteroatoms. The number of aromatic amines is 2. The number of H-pyrrole nitrogens is 2. The average Bonchev–Trinajstić information content (AvgIpc) is 2.47. The van der Waals surface area contributed by atoms with Crippen LogP contribution in [0.1, 0.15) is 6.92 Å². The van der Waals surface area contributed by atoms with Gasteiger partial charge < -0.3 is 4.57 Å². The van der Waals surface area contributed by atoms with Gasteiger partial charge in [0, 0.05) is 6.54 Å². The molecule has 2 heterocycles. The molecular weight excluding hydrogens is 172 g/mol. The van der Waals surface area contributed by atoms with Crippen molar-refractivity contribution in [1.82, 2.24) is 19.5 Å². The van der Waals surface area contributed by atoms with Crippen LogP contribution in [-0.4, -0.2) is 19.5 Å². The maximum absolute atomic E-state index is 11.3. The normalized spacial score (nSPS) is 10.8. The summed E-state index contributed by atoms with van der Waals surface area (Å²) in [4.78, 5) is 30.4. The van der Waals surface area contributed by atoms with Gasteiger partial charge in [-0.05, 0) is 6.92 Å². The highest BCUT2D eigenvalue weighted by Gasteiger charge is 2.06. The highest BCUT2D eigenvalue weighted by molar-refractivity contribution is 5.68. The molecule has 13 heavy (non-hydrogen) atoms. The van der Waals surface area contributed by atoms with E-state index in [0.29, 0.717) is 12.1 Å². The van der Waals surface area contributed by atoms with Crippen LogP contribution in [0.4, 0.5) is 0 Å². The van der Waals surface area contributed by atoms with Gasteiger partial charge in [-0.3, -0.25) is 14.8 Å². The van der Waals surface area contributed by atoms with Crippen LogP contribution in [0.25, 0.3) is 11.2 Å². The van der Waals surface area contributed by atoms with E-state index in [1.165, 1.54) is 0 Å². The predicted molar refractivity (Wildman–Crippen MR) is 45.5 cm³/mol. The lowest BCUT2D eigenvalue weighted by Gasteiger charge is -1.94. The topological polar surface area (TPSA) is 83.5 Å². The summed E-state index contributed by atoms with van der Waals surface area (Å²) < 4.78 is 1.55. The minimum Gasteiger partial charge on any atom is -0.316 e. The maximum atomic E-state index is 11.3. The first-order valence-corrected chi connectivity index (χ1v) is 3.83. The summed E-state index contributed by atoms with van der Waals surface area (Å²) in [6.07, 6.45) is 2.61. The van der Waals surface area contributed by atoms with Gasteiger partial charge in [0.25, 0.3) is 5.56 Å². The van der Waals surface area contributed by atoms with Crippen LogP contribution in [-0.2, 0) is 6.54 Å². The van der Waals surface area contributed by atoms with Crippen LogP contribution in [0.3, 0.4) is 0 Å². The molecule has 67 valence electrons. The number of nitrogens with zero attached hydrogens (tertiary/aromatic N) is 2. The van der Waals surface area contributed by atoms with Crippen molar-refractivity contribution >= 4 is 11.2 Å². The van der Waals surface area contributed by atoms with Crippen LogP contribution in [0.2, 0.25) is 0 Å². The summed E-state index contributed by atoms with van der Waals surface area (Å²) in [6.45, 7) is 2.45. The zero-order valence-corrected chi connectivity index (χ0v) is 6.92. The fourth-order valence-corrected chi connectivity index (χ4v) is 1.19. The lowest BCUT2D eigenvalue weighted by Crippen LogP contribution is -2.23. The van der Waals surface area contributed by atoms with E-state index in [0.717, 1.165) is 0 Å². The second-order valence-corrected chi connectivity index (χ2v) is 2.56. The summed E-state index contributed by atoms with van der Waals surface area (Å²) >= 11 is 0. The number of nitrogens with one attached hydrogen (secondary N) is 2. The second-order valence-electron chi connectivity index (χ2n) is 2.56. The van der Waals surface area contributed by atoms with Crippen LogP contribution < -0.4 is 11.2 Å². The Bertz CT molecular complexity index is 547. The van der Waals surface area contributed by atoms with Gasteiger partial charge in [0.15, 0.2) is 17.5 Å². The first-order chi connectivity index (χ1) is 6.22. The monoisotopic (exact) mass is 179 g/mol. The Morgan fingerprint density at radius 1 is 1.46 bits per heavy atom. The van der Waals surface area contributed by atoms with E-state index in [-0.39, 0.29) is 5.65 Å². The van der Waals surface area contributed by atoms with Crippen molar-refractivity contribution in [1.29, 1.82) is 0 Å². The summed E-state index contributed by atoms with van der Waals surface area (Å²) in [7, 11) is 0. The van der Waals surface area contributed by atoms with Crippen molar-refractivity contribution in [3.8, 4) is 0 Å². The molecule has 0 amide bonds. The molecular formula is C7H7N4O2. The molecule has 2 N–H and O–H groups in total. The first kappa shape index (κ1) is 7.78. The van der Waals surface area contributed by atoms with Crippen molar-refractivity contribution in [3.05, 3.63) is 27.2 Å². The lowest BCUT2D eigenvalue weighted by atomic mass is 10.5. The average molecular weight is 179 g/mol. The number of rotatable bonds is 1. The van der Waals surface area contributed by atoms with Crippen molar-refractivity contribution < 1.29 is 0 Å². The van der Waals surface area contributed by atoms with E-state index in [9.17, 15) is 9.59 Å². The van der Waals surface area contributed by atoms with Gasteiger partial charge >= 0.3 is 5.69 Å². The van der Waals surface area contributed by atoms with Crippen LogP contribution in [0.15, 0.2) is 9.59 Å². The van der Waals surface area contributed by atoms with Crippen LogP contribution in [0, 0.1) is 6.33 Å². The lowest BCUT2D eigenvalue weighted by molar-refractivity contribution is 0.775. The summed E-state index contributed by atoms with van der Waals surface area (Å²) in [6, 6.07) is 0. The number of fused-ring (bicyclic) bond motifs is 1. The highest BCUT2D eigenvalue weighted by Crippen LogP contribution is 2.00. The first-order valence-electron chi connectivity index (χ1n) is 3.83. The summed E-state index contributed by atoms with van der Waals surface area (Å²) in [5, 5.41) is 0. The largest absolute Gasteiger partial charge is 0.327 e. The van der Waals surface area contributed by atoms with E-state index in [1.54, 1.807) is 4.57 Å². The Kier molecular flexibility index (Phi) is 1.54. The van der Waals surface area contributed by atoms with E-state index in [1.807, 2.05) is 6.92 Å². The van der Waals surface area contributed by atoms with Gasteiger partial charge in [-0.1, -0.05) is 0 Å². The molecule has 0 aliphatic carbocycles. The van der Waals surface area contributed by atoms with Gasteiger partial charge in [0.2, 0.25) is 0 Å². The minimum absolute atomic E-state index is 0.274. The Labute approximate surface area is 72.2 Å². The van der Waals surface area contributed by atoms with E-state index in [2.05, 4.69) is 21.3 Å². The third-order valence-electron chi connectivity index (χ3n) is 1.77. The number of hydrogen-bond acceptors (Lipinski definition) is 3. The molecule has 2 aromatic heterocycles. The maximum Gasteiger partial charge on any atom is 0.327 e. The molecule has 0 spiro atoms. The summed E-state index contributed by atoms with van der Waals surface area (Å²) in [5.41, 5.74) is -0.362. The van der Waals surface area contributed by atoms with E-state index >= 15 is 0 Å². The number of aryl methyl sites for hydroxylation is 1. The van der Waals surface area contributed by atoms with Crippen molar-refractivity contribution in [3.63, 3.8) is 0 Å². The molecule has 2 aromatic rings. The molecule has 0 fully saturated rings. The Morgan fingerprint density at radius 3 is 2.92 bits per heavy atom. The summed E-state index contributed by atoms with van der Waals surface area (Å²) in [5.74, 6) is 0. The van der Waals surface area contributed by atoms with Crippen molar-refractivity contribution in [2.45, 2.75) is 13.5 Å². The molecule has 1 radical (unpaired) electrons. The zero-order chi connectivity index (χ0) is 9.42. The smallest absolute Gasteiger partial charge is 0.316 e. The molecule has 0 saturated carbocycles. The molecule has 0 aliphatic rings. The van der Waals surface area contributed by atoms with Crippen molar-refractivity contribution in [2.24, 2.45) is 0 Å². The minimum atomic E-state index is -0.549. The zero-order valence-electron chi connectivity index (χ0n) is 6.92. The van der Waals surface area contributed by atoms with E-state index < -0.39 is 11.2 Å². The SMILES string of the molecule is CCn1[c]nc2[nH]c(=O)[nH]c(=O)c21. The van der Waals surface area contributed by atoms with Gasteiger partial charge in [0.05, 0.1) is 0 Å².